The van der Waals surface area contributed by atoms with E-state index >= 15 is 0 Å². The molecule has 1 heterocycles. The summed E-state index contributed by atoms with van der Waals surface area (Å²) < 4.78 is 10.9. The summed E-state index contributed by atoms with van der Waals surface area (Å²) >= 11 is 0. The molecule has 0 saturated heterocycles. The Balaban J connectivity index is 1.88. The highest BCUT2D eigenvalue weighted by molar-refractivity contribution is 5.94. The molecule has 0 unspecified atom stereocenters. The first-order chi connectivity index (χ1) is 10.5. The number of hydrazone groups is 1. The molecule has 0 radical (unpaired) electrons. The van der Waals surface area contributed by atoms with E-state index in [0.717, 1.165) is 11.5 Å². The number of nitrogens with zero attached hydrogens (tertiary/aromatic N) is 1. The fourth-order valence-corrected chi connectivity index (χ4v) is 1.71. The van der Waals surface area contributed by atoms with Gasteiger partial charge in [0.25, 0.3) is 5.91 Å². The monoisotopic (exact) mass is 300 g/mol. The molecule has 5 nitrogen and oxygen atoms in total. The number of aryl methyl sites for hydroxylation is 1. The average Bonchev–Trinajstić information content (AvgIpc) is 2.91. The minimum atomic E-state index is -0.282. The van der Waals surface area contributed by atoms with Gasteiger partial charge in [0.05, 0.1) is 12.8 Å². The summed E-state index contributed by atoms with van der Waals surface area (Å²) in [4.78, 5) is 11.9. The highest BCUT2D eigenvalue weighted by atomic mass is 16.5. The fraction of sp³-hybridized carbons (Fsp3) is 0.294. The van der Waals surface area contributed by atoms with Crippen LogP contribution in [0.5, 0.6) is 5.75 Å². The third-order valence-corrected chi connectivity index (χ3v) is 2.82. The van der Waals surface area contributed by atoms with Gasteiger partial charge >= 0.3 is 0 Å². The Labute approximate surface area is 130 Å². The molecule has 1 aromatic carbocycles. The van der Waals surface area contributed by atoms with Crippen LogP contribution in [-0.4, -0.2) is 18.7 Å². The van der Waals surface area contributed by atoms with Crippen LogP contribution in [0.2, 0.25) is 0 Å². The maximum atomic E-state index is 11.9. The fourth-order valence-electron chi connectivity index (χ4n) is 1.71. The summed E-state index contributed by atoms with van der Waals surface area (Å²) in [5.41, 5.74) is 2.97. The van der Waals surface area contributed by atoms with Crippen molar-refractivity contribution in [1.29, 1.82) is 0 Å². The first-order valence-electron chi connectivity index (χ1n) is 7.17. The van der Waals surface area contributed by atoms with E-state index in [0.29, 0.717) is 23.8 Å². The van der Waals surface area contributed by atoms with Crippen molar-refractivity contribution in [1.82, 2.24) is 5.43 Å². The van der Waals surface area contributed by atoms with Gasteiger partial charge < -0.3 is 9.15 Å². The number of benzene rings is 1. The molecule has 0 bridgehead atoms. The molecule has 0 atom stereocenters. The average molecular weight is 300 g/mol. The van der Waals surface area contributed by atoms with Crippen LogP contribution in [0.1, 0.15) is 35.7 Å². The van der Waals surface area contributed by atoms with E-state index in [1.807, 2.05) is 13.0 Å². The largest absolute Gasteiger partial charge is 0.493 e. The SMILES string of the molecule is Cc1ccc(/C=N/NC(=O)c2ccc(OCC(C)C)cc2)o1. The summed E-state index contributed by atoms with van der Waals surface area (Å²) in [5, 5.41) is 3.86. The quantitative estimate of drug-likeness (QED) is 0.657. The lowest BCUT2D eigenvalue weighted by molar-refractivity contribution is 0.0955. The van der Waals surface area contributed by atoms with Gasteiger partial charge in [-0.15, -0.1) is 0 Å². The van der Waals surface area contributed by atoms with E-state index in [4.69, 9.17) is 9.15 Å². The summed E-state index contributed by atoms with van der Waals surface area (Å²) in [6.07, 6.45) is 1.46. The van der Waals surface area contributed by atoms with Gasteiger partial charge in [-0.2, -0.15) is 5.10 Å². The van der Waals surface area contributed by atoms with Crippen LogP contribution in [0.3, 0.4) is 0 Å². The van der Waals surface area contributed by atoms with Crippen LogP contribution in [0.25, 0.3) is 0 Å². The van der Waals surface area contributed by atoms with Gasteiger partial charge in [-0.25, -0.2) is 5.43 Å². The van der Waals surface area contributed by atoms with Crippen molar-refractivity contribution < 1.29 is 13.9 Å². The maximum absolute atomic E-state index is 11.9. The van der Waals surface area contributed by atoms with E-state index in [1.165, 1.54) is 6.21 Å². The molecule has 0 spiro atoms. The van der Waals surface area contributed by atoms with Crippen LogP contribution >= 0.6 is 0 Å². The molecule has 1 aromatic heterocycles. The van der Waals surface area contributed by atoms with Crippen molar-refractivity contribution in [3.8, 4) is 5.75 Å². The zero-order chi connectivity index (χ0) is 15.9. The van der Waals surface area contributed by atoms with E-state index in [1.54, 1.807) is 30.3 Å². The van der Waals surface area contributed by atoms with Crippen molar-refractivity contribution >= 4 is 12.1 Å². The summed E-state index contributed by atoms with van der Waals surface area (Å²) in [6.45, 7) is 6.66. The van der Waals surface area contributed by atoms with Crippen molar-refractivity contribution in [2.75, 3.05) is 6.61 Å². The minimum absolute atomic E-state index is 0.282. The molecule has 1 N–H and O–H groups in total. The molecule has 0 aliphatic heterocycles. The second kappa shape index (κ2) is 7.45. The Hall–Kier alpha value is -2.56. The van der Waals surface area contributed by atoms with Gasteiger partial charge in [0.15, 0.2) is 0 Å². The number of hydrogen-bond donors (Lipinski definition) is 1. The molecule has 22 heavy (non-hydrogen) atoms. The summed E-state index contributed by atoms with van der Waals surface area (Å²) in [7, 11) is 0. The zero-order valence-corrected chi connectivity index (χ0v) is 13.0. The van der Waals surface area contributed by atoms with Gasteiger partial charge in [0, 0.05) is 5.56 Å². The number of furan rings is 1. The second-order valence-electron chi connectivity index (χ2n) is 5.38. The second-order valence-corrected chi connectivity index (χ2v) is 5.38. The number of carbonyl (C=O) groups is 1. The molecular weight excluding hydrogens is 280 g/mol. The molecule has 2 rings (SSSR count). The Morgan fingerprint density at radius 3 is 2.59 bits per heavy atom. The lowest BCUT2D eigenvalue weighted by Gasteiger charge is -2.08. The van der Waals surface area contributed by atoms with E-state index in [2.05, 4.69) is 24.4 Å². The molecular formula is C17H20N2O3. The molecule has 116 valence electrons. The Morgan fingerprint density at radius 2 is 2.00 bits per heavy atom. The summed E-state index contributed by atoms with van der Waals surface area (Å²) in [5.74, 6) is 2.32. The Morgan fingerprint density at radius 1 is 1.27 bits per heavy atom. The highest BCUT2D eigenvalue weighted by Gasteiger charge is 2.05. The third kappa shape index (κ3) is 4.77. The Bertz CT molecular complexity index is 642. The predicted octanol–water partition coefficient (Wildman–Crippen LogP) is 3.39. The Kier molecular flexibility index (Phi) is 5.36. The number of rotatable bonds is 6. The zero-order valence-electron chi connectivity index (χ0n) is 13.0. The summed E-state index contributed by atoms with van der Waals surface area (Å²) in [6, 6.07) is 10.6. The van der Waals surface area contributed by atoms with E-state index in [9.17, 15) is 4.79 Å². The third-order valence-electron chi connectivity index (χ3n) is 2.82. The van der Waals surface area contributed by atoms with Crippen LogP contribution in [0, 0.1) is 12.8 Å². The van der Waals surface area contributed by atoms with Gasteiger partial charge in [-0.1, -0.05) is 13.8 Å². The first kappa shape index (κ1) is 15.8. The molecule has 0 fully saturated rings. The van der Waals surface area contributed by atoms with Crippen LogP contribution < -0.4 is 10.2 Å². The van der Waals surface area contributed by atoms with Crippen LogP contribution in [0.4, 0.5) is 0 Å². The molecule has 0 aliphatic carbocycles. The van der Waals surface area contributed by atoms with Crippen LogP contribution in [0.15, 0.2) is 45.9 Å². The molecule has 2 aromatic rings. The molecule has 0 aliphatic rings. The molecule has 1 amide bonds. The standard InChI is InChI=1S/C17H20N2O3/c1-12(2)11-21-15-8-5-14(6-9-15)17(20)19-18-10-16-7-4-13(3)22-16/h4-10,12H,11H2,1-3H3,(H,19,20)/b18-10+. The van der Waals surface area contributed by atoms with Crippen molar-refractivity contribution in [3.63, 3.8) is 0 Å². The lowest BCUT2D eigenvalue weighted by Crippen LogP contribution is -2.17. The predicted molar refractivity (Wildman–Crippen MR) is 85.3 cm³/mol. The van der Waals surface area contributed by atoms with E-state index < -0.39 is 0 Å². The van der Waals surface area contributed by atoms with E-state index in [-0.39, 0.29) is 5.91 Å². The highest BCUT2D eigenvalue weighted by Crippen LogP contribution is 2.13. The number of amides is 1. The minimum Gasteiger partial charge on any atom is -0.493 e. The number of hydrogen-bond acceptors (Lipinski definition) is 4. The van der Waals surface area contributed by atoms with Crippen molar-refractivity contribution in [2.45, 2.75) is 20.8 Å². The number of carbonyl (C=O) groups excluding carboxylic acids is 1. The number of nitrogens with one attached hydrogen (secondary N) is 1. The van der Waals surface area contributed by atoms with Crippen LogP contribution in [-0.2, 0) is 0 Å². The number of ether oxygens (including phenoxy) is 1. The maximum Gasteiger partial charge on any atom is 0.271 e. The smallest absolute Gasteiger partial charge is 0.271 e. The topological polar surface area (TPSA) is 63.8 Å². The molecule has 5 heteroatoms. The molecule has 0 saturated carbocycles. The van der Waals surface area contributed by atoms with Gasteiger partial charge in [0.2, 0.25) is 0 Å². The normalized spacial score (nSPS) is 11.1. The lowest BCUT2D eigenvalue weighted by atomic mass is 10.2. The van der Waals surface area contributed by atoms with Crippen molar-refractivity contribution in [3.05, 3.63) is 53.5 Å². The van der Waals surface area contributed by atoms with Gasteiger partial charge in [0.1, 0.15) is 17.3 Å². The first-order valence-corrected chi connectivity index (χ1v) is 7.17. The van der Waals surface area contributed by atoms with Crippen molar-refractivity contribution in [2.24, 2.45) is 11.0 Å². The van der Waals surface area contributed by atoms with Gasteiger partial charge in [-0.05, 0) is 49.2 Å². The van der Waals surface area contributed by atoms with Gasteiger partial charge in [-0.3, -0.25) is 4.79 Å².